The Bertz CT molecular complexity index is 748. The minimum Gasteiger partial charge on any atom is -0.459 e. The Morgan fingerprint density at radius 1 is 1.36 bits per heavy atom. The summed E-state index contributed by atoms with van der Waals surface area (Å²) in [5, 5.41) is 11.5. The van der Waals surface area contributed by atoms with Crippen molar-refractivity contribution in [2.24, 2.45) is 0 Å². The summed E-state index contributed by atoms with van der Waals surface area (Å²) in [5.74, 6) is 1.27. The molecule has 0 fully saturated rings. The molecule has 0 spiro atoms. The molecular formula is C14H13N3O4S. The zero-order chi connectivity index (χ0) is 15.4. The van der Waals surface area contributed by atoms with Crippen molar-refractivity contribution in [2.45, 2.75) is 26.4 Å². The molecule has 114 valence electrons. The second kappa shape index (κ2) is 6.52. The highest BCUT2D eigenvalue weighted by Gasteiger charge is 2.12. The van der Waals surface area contributed by atoms with Gasteiger partial charge in [-0.2, -0.15) is 16.3 Å². The molecular weight excluding hydrogens is 306 g/mol. The van der Waals surface area contributed by atoms with E-state index in [0.29, 0.717) is 29.6 Å². The molecule has 0 aliphatic rings. The van der Waals surface area contributed by atoms with Crippen LogP contribution in [-0.2, 0) is 22.6 Å². The fraction of sp³-hybridized carbons (Fsp3) is 0.286. The molecule has 0 aliphatic carbocycles. The molecule has 0 N–H and O–H groups in total. The number of esters is 1. The van der Waals surface area contributed by atoms with E-state index < -0.39 is 0 Å². The van der Waals surface area contributed by atoms with Crippen molar-refractivity contribution in [2.75, 3.05) is 0 Å². The largest absolute Gasteiger partial charge is 0.459 e. The molecule has 3 heterocycles. The van der Waals surface area contributed by atoms with Gasteiger partial charge in [0, 0.05) is 23.4 Å². The maximum Gasteiger partial charge on any atom is 0.306 e. The van der Waals surface area contributed by atoms with Crippen LogP contribution in [0.4, 0.5) is 0 Å². The van der Waals surface area contributed by atoms with Crippen LogP contribution in [0, 0.1) is 6.92 Å². The number of carbonyl (C=O) groups is 1. The van der Waals surface area contributed by atoms with Crippen LogP contribution in [0.1, 0.15) is 23.8 Å². The molecule has 3 aromatic rings. The maximum absolute atomic E-state index is 11.7. The van der Waals surface area contributed by atoms with Gasteiger partial charge in [0.15, 0.2) is 0 Å². The van der Waals surface area contributed by atoms with Crippen molar-refractivity contribution in [3.8, 4) is 11.4 Å². The lowest BCUT2D eigenvalue weighted by Crippen LogP contribution is -2.06. The second-order valence-corrected chi connectivity index (χ2v) is 5.39. The fourth-order valence-corrected chi connectivity index (χ4v) is 2.42. The number of nitrogens with zero attached hydrogens (tertiary/aromatic N) is 3. The van der Waals surface area contributed by atoms with Gasteiger partial charge in [-0.1, -0.05) is 10.3 Å². The third-order valence-electron chi connectivity index (χ3n) is 2.85. The van der Waals surface area contributed by atoms with Crippen molar-refractivity contribution < 1.29 is 18.6 Å². The van der Waals surface area contributed by atoms with Crippen LogP contribution in [0.2, 0.25) is 0 Å². The number of hydrogen-bond donors (Lipinski definition) is 0. The van der Waals surface area contributed by atoms with Crippen molar-refractivity contribution in [3.05, 3.63) is 40.2 Å². The minimum atomic E-state index is -0.351. The first kappa shape index (κ1) is 14.5. The third kappa shape index (κ3) is 3.59. The maximum atomic E-state index is 11.7. The summed E-state index contributed by atoms with van der Waals surface area (Å²) in [6.45, 7) is 1.87. The number of rotatable bonds is 6. The first-order valence-corrected chi connectivity index (χ1v) is 7.58. The van der Waals surface area contributed by atoms with Gasteiger partial charge in [-0.25, -0.2) is 0 Å². The summed E-state index contributed by atoms with van der Waals surface area (Å²) in [6, 6.07) is 3.63. The lowest BCUT2D eigenvalue weighted by atomic mass is 10.3. The fourth-order valence-electron chi connectivity index (χ4n) is 1.79. The summed E-state index contributed by atoms with van der Waals surface area (Å²) in [4.78, 5) is 15.9. The quantitative estimate of drug-likeness (QED) is 0.645. The monoisotopic (exact) mass is 319 g/mol. The van der Waals surface area contributed by atoms with Crippen LogP contribution in [0.25, 0.3) is 11.4 Å². The van der Waals surface area contributed by atoms with E-state index in [1.807, 2.05) is 16.8 Å². The normalized spacial score (nSPS) is 10.8. The van der Waals surface area contributed by atoms with Crippen molar-refractivity contribution in [1.82, 2.24) is 15.3 Å². The zero-order valence-electron chi connectivity index (χ0n) is 11.8. The molecule has 3 rings (SSSR count). The molecule has 0 atom stereocenters. The van der Waals surface area contributed by atoms with Crippen molar-refractivity contribution >= 4 is 17.3 Å². The first-order valence-electron chi connectivity index (χ1n) is 6.63. The molecule has 3 aromatic heterocycles. The Morgan fingerprint density at radius 2 is 2.27 bits per heavy atom. The van der Waals surface area contributed by atoms with E-state index >= 15 is 0 Å². The molecule has 7 nitrogen and oxygen atoms in total. The number of aromatic nitrogens is 3. The Morgan fingerprint density at radius 3 is 3.00 bits per heavy atom. The van der Waals surface area contributed by atoms with E-state index in [1.165, 1.54) is 0 Å². The molecule has 22 heavy (non-hydrogen) atoms. The van der Waals surface area contributed by atoms with E-state index in [9.17, 15) is 4.79 Å². The van der Waals surface area contributed by atoms with E-state index in [4.69, 9.17) is 13.8 Å². The van der Waals surface area contributed by atoms with Crippen LogP contribution in [0.15, 0.2) is 31.9 Å². The summed E-state index contributed by atoms with van der Waals surface area (Å²) < 4.78 is 15.1. The van der Waals surface area contributed by atoms with E-state index in [2.05, 4.69) is 15.3 Å². The molecule has 0 aliphatic heterocycles. The zero-order valence-corrected chi connectivity index (χ0v) is 12.6. The van der Waals surface area contributed by atoms with Crippen LogP contribution >= 0.6 is 11.3 Å². The summed E-state index contributed by atoms with van der Waals surface area (Å²) in [7, 11) is 0. The number of carbonyl (C=O) groups excluding carboxylic acids is 1. The highest BCUT2D eigenvalue weighted by atomic mass is 32.1. The van der Waals surface area contributed by atoms with Gasteiger partial charge in [0.25, 0.3) is 0 Å². The van der Waals surface area contributed by atoms with Gasteiger partial charge < -0.3 is 13.8 Å². The standard InChI is InChI=1S/C14H13N3O4S/c1-9-6-11(16-20-9)7-19-13(18)3-2-12-15-14(17-21-12)10-4-5-22-8-10/h4-6,8H,2-3,7H2,1H3. The van der Waals surface area contributed by atoms with Crippen LogP contribution in [-0.4, -0.2) is 21.3 Å². The molecule has 0 amide bonds. The van der Waals surface area contributed by atoms with Crippen LogP contribution in [0.3, 0.4) is 0 Å². The van der Waals surface area contributed by atoms with E-state index in [-0.39, 0.29) is 19.0 Å². The third-order valence-corrected chi connectivity index (χ3v) is 3.53. The Hall–Kier alpha value is -2.48. The molecule has 0 saturated heterocycles. The highest BCUT2D eigenvalue weighted by molar-refractivity contribution is 7.08. The predicted molar refractivity (Wildman–Crippen MR) is 77.0 cm³/mol. The number of thiophene rings is 1. The summed E-state index contributed by atoms with van der Waals surface area (Å²) in [6.07, 6.45) is 0.510. The van der Waals surface area contributed by atoms with E-state index in [1.54, 1.807) is 24.3 Å². The van der Waals surface area contributed by atoms with Gasteiger partial charge >= 0.3 is 5.97 Å². The summed E-state index contributed by atoms with van der Waals surface area (Å²) >= 11 is 1.56. The first-order chi connectivity index (χ1) is 10.7. The Kier molecular flexibility index (Phi) is 4.29. The average Bonchev–Trinajstić information content (AvgIpc) is 3.23. The smallest absolute Gasteiger partial charge is 0.306 e. The van der Waals surface area contributed by atoms with Gasteiger partial charge in [0.05, 0.1) is 6.42 Å². The van der Waals surface area contributed by atoms with Crippen LogP contribution in [0.5, 0.6) is 0 Å². The molecule has 0 unspecified atom stereocenters. The van der Waals surface area contributed by atoms with E-state index in [0.717, 1.165) is 5.56 Å². The Balaban J connectivity index is 1.47. The van der Waals surface area contributed by atoms with Gasteiger partial charge in [0.1, 0.15) is 18.1 Å². The highest BCUT2D eigenvalue weighted by Crippen LogP contribution is 2.19. The average molecular weight is 319 g/mol. The summed E-state index contributed by atoms with van der Waals surface area (Å²) in [5.41, 5.74) is 1.49. The molecule has 0 radical (unpaired) electrons. The number of aryl methyl sites for hydroxylation is 2. The van der Waals surface area contributed by atoms with Crippen LogP contribution < -0.4 is 0 Å². The van der Waals surface area contributed by atoms with Gasteiger partial charge in [0.2, 0.25) is 11.7 Å². The molecule has 0 aromatic carbocycles. The second-order valence-electron chi connectivity index (χ2n) is 4.61. The predicted octanol–water partition coefficient (Wildman–Crippen LogP) is 2.77. The SMILES string of the molecule is Cc1cc(COC(=O)CCc2nc(-c3ccsc3)no2)no1. The van der Waals surface area contributed by atoms with Gasteiger partial charge in [-0.3, -0.25) is 4.79 Å². The Labute approximate surface area is 129 Å². The topological polar surface area (TPSA) is 91.2 Å². The van der Waals surface area contributed by atoms with Crippen molar-refractivity contribution in [3.63, 3.8) is 0 Å². The number of hydrogen-bond acceptors (Lipinski definition) is 8. The molecule has 0 saturated carbocycles. The van der Waals surface area contributed by atoms with Crippen molar-refractivity contribution in [1.29, 1.82) is 0 Å². The molecule has 8 heteroatoms. The lowest BCUT2D eigenvalue weighted by molar-refractivity contribution is -0.145. The van der Waals surface area contributed by atoms with Gasteiger partial charge in [-0.05, 0) is 18.4 Å². The lowest BCUT2D eigenvalue weighted by Gasteiger charge is -2.00. The van der Waals surface area contributed by atoms with Gasteiger partial charge in [-0.15, -0.1) is 0 Å². The number of ether oxygens (including phenoxy) is 1. The molecule has 0 bridgehead atoms. The minimum absolute atomic E-state index is 0.0974.